The molecule has 0 radical (unpaired) electrons. The lowest BCUT2D eigenvalue weighted by Gasteiger charge is -2.45. The maximum atomic E-state index is 3.67. The van der Waals surface area contributed by atoms with Crippen LogP contribution in [0.4, 0.5) is 0 Å². The summed E-state index contributed by atoms with van der Waals surface area (Å²) in [5, 5.41) is 3.67. The van der Waals surface area contributed by atoms with E-state index in [0.717, 1.165) is 11.8 Å². The molecule has 1 heteroatoms. The van der Waals surface area contributed by atoms with Crippen LogP contribution in [0.3, 0.4) is 0 Å². The maximum absolute atomic E-state index is 3.67. The van der Waals surface area contributed by atoms with Crippen molar-refractivity contribution in [1.82, 2.24) is 5.32 Å². The third-order valence-electron chi connectivity index (χ3n) is 6.30. The summed E-state index contributed by atoms with van der Waals surface area (Å²) in [6.07, 6.45) is 11.4. The van der Waals surface area contributed by atoms with Crippen molar-refractivity contribution in [3.05, 3.63) is 35.9 Å². The molecule has 0 amide bonds. The summed E-state index contributed by atoms with van der Waals surface area (Å²) in [4.78, 5) is 0. The first-order valence-electron chi connectivity index (χ1n) is 9.07. The van der Waals surface area contributed by atoms with Crippen LogP contribution < -0.4 is 5.32 Å². The quantitative estimate of drug-likeness (QED) is 0.840. The fraction of sp³-hybridized carbons (Fsp3) is 0.700. The Morgan fingerprint density at radius 2 is 1.95 bits per heavy atom. The Balaban J connectivity index is 1.74. The molecule has 116 valence electrons. The first-order valence-corrected chi connectivity index (χ1v) is 9.07. The third-order valence-corrected chi connectivity index (χ3v) is 6.30. The van der Waals surface area contributed by atoms with Gasteiger partial charge in [-0.3, -0.25) is 0 Å². The molecule has 1 aliphatic carbocycles. The Bertz CT molecular complexity index is 427. The van der Waals surface area contributed by atoms with Gasteiger partial charge in [-0.2, -0.15) is 0 Å². The molecule has 1 N–H and O–H groups in total. The van der Waals surface area contributed by atoms with E-state index < -0.39 is 0 Å². The summed E-state index contributed by atoms with van der Waals surface area (Å²) in [7, 11) is 0. The molecule has 0 bridgehead atoms. The number of nitrogens with one attached hydrogen (secondary N) is 1. The smallest absolute Gasteiger partial charge is 0.00120 e. The second-order valence-electron chi connectivity index (χ2n) is 7.41. The van der Waals surface area contributed by atoms with Crippen molar-refractivity contribution < 1.29 is 0 Å². The van der Waals surface area contributed by atoms with E-state index >= 15 is 0 Å². The van der Waals surface area contributed by atoms with Crippen LogP contribution >= 0.6 is 0 Å². The molecule has 3 unspecified atom stereocenters. The minimum Gasteiger partial charge on any atom is -0.316 e. The molecule has 3 rings (SSSR count). The average molecular weight is 285 g/mol. The van der Waals surface area contributed by atoms with Crippen molar-refractivity contribution in [2.24, 2.45) is 17.3 Å². The van der Waals surface area contributed by atoms with Gasteiger partial charge in [-0.15, -0.1) is 0 Å². The van der Waals surface area contributed by atoms with Gasteiger partial charge in [-0.05, 0) is 68.0 Å². The van der Waals surface area contributed by atoms with Crippen molar-refractivity contribution in [3.8, 4) is 0 Å². The highest BCUT2D eigenvalue weighted by Gasteiger charge is 2.41. The molecule has 0 aromatic heterocycles. The highest BCUT2D eigenvalue weighted by atomic mass is 14.9. The Kier molecular flexibility index (Phi) is 5.00. The molecule has 21 heavy (non-hydrogen) atoms. The van der Waals surface area contributed by atoms with Crippen LogP contribution in [0, 0.1) is 17.3 Å². The van der Waals surface area contributed by atoms with Crippen LogP contribution in [0.5, 0.6) is 0 Å². The zero-order valence-corrected chi connectivity index (χ0v) is 13.6. The van der Waals surface area contributed by atoms with Crippen LogP contribution in [0.25, 0.3) is 0 Å². The van der Waals surface area contributed by atoms with Gasteiger partial charge in [0.2, 0.25) is 0 Å². The second kappa shape index (κ2) is 6.96. The summed E-state index contributed by atoms with van der Waals surface area (Å²) in [5.74, 6) is 1.83. The van der Waals surface area contributed by atoms with Crippen molar-refractivity contribution in [2.45, 2.75) is 58.3 Å². The molecule has 1 saturated carbocycles. The zero-order valence-electron chi connectivity index (χ0n) is 13.6. The molecule has 1 saturated heterocycles. The number of rotatable bonds is 3. The molecule has 1 aromatic rings. The molecule has 1 nitrogen and oxygen atoms in total. The largest absolute Gasteiger partial charge is 0.316 e. The molecule has 3 atom stereocenters. The molecule has 2 fully saturated rings. The van der Waals surface area contributed by atoms with Crippen molar-refractivity contribution in [1.29, 1.82) is 0 Å². The van der Waals surface area contributed by atoms with Crippen molar-refractivity contribution in [3.63, 3.8) is 0 Å². The molecule has 1 spiro atoms. The molecule has 1 aliphatic heterocycles. The summed E-state index contributed by atoms with van der Waals surface area (Å²) in [6.45, 7) is 4.85. The lowest BCUT2D eigenvalue weighted by atomic mass is 9.64. The number of hydrogen-bond donors (Lipinski definition) is 1. The summed E-state index contributed by atoms with van der Waals surface area (Å²) in [6, 6.07) is 11.1. The zero-order chi connectivity index (χ0) is 14.5. The lowest BCUT2D eigenvalue weighted by molar-refractivity contribution is 0.0847. The van der Waals surface area contributed by atoms with E-state index in [9.17, 15) is 0 Å². The van der Waals surface area contributed by atoms with Gasteiger partial charge in [-0.25, -0.2) is 0 Å². The Hall–Kier alpha value is -0.820. The predicted molar refractivity (Wildman–Crippen MR) is 90.4 cm³/mol. The molecular formula is C20H31N. The van der Waals surface area contributed by atoms with Gasteiger partial charge >= 0.3 is 0 Å². The van der Waals surface area contributed by atoms with Gasteiger partial charge in [0.15, 0.2) is 0 Å². The molecular weight excluding hydrogens is 254 g/mol. The van der Waals surface area contributed by atoms with E-state index in [-0.39, 0.29) is 0 Å². The van der Waals surface area contributed by atoms with E-state index in [2.05, 4.69) is 42.6 Å². The topological polar surface area (TPSA) is 12.0 Å². The number of piperidine rings is 1. The monoisotopic (exact) mass is 285 g/mol. The normalized spacial score (nSPS) is 33.8. The Morgan fingerprint density at radius 1 is 1.10 bits per heavy atom. The van der Waals surface area contributed by atoms with Crippen molar-refractivity contribution >= 4 is 0 Å². The van der Waals surface area contributed by atoms with Gasteiger partial charge < -0.3 is 5.32 Å². The van der Waals surface area contributed by atoms with Crippen LogP contribution in [-0.2, 0) is 6.42 Å². The Morgan fingerprint density at radius 3 is 2.76 bits per heavy atom. The lowest BCUT2D eigenvalue weighted by Crippen LogP contribution is -2.46. The van der Waals surface area contributed by atoms with Gasteiger partial charge in [0.1, 0.15) is 0 Å². The van der Waals surface area contributed by atoms with Crippen LogP contribution in [0.2, 0.25) is 0 Å². The SMILES string of the molecule is CCC1CCCC2(CCNCC2Cc2ccccc2)CC1. The molecule has 2 aliphatic rings. The fourth-order valence-electron chi connectivity index (χ4n) is 4.79. The van der Waals surface area contributed by atoms with Crippen LogP contribution in [0.1, 0.15) is 57.4 Å². The van der Waals surface area contributed by atoms with Crippen molar-refractivity contribution in [2.75, 3.05) is 13.1 Å². The van der Waals surface area contributed by atoms with E-state index in [0.29, 0.717) is 5.41 Å². The average Bonchev–Trinajstić information content (AvgIpc) is 2.74. The van der Waals surface area contributed by atoms with E-state index in [1.165, 1.54) is 70.0 Å². The van der Waals surface area contributed by atoms with E-state index in [1.807, 2.05) is 0 Å². The first-order chi connectivity index (χ1) is 10.3. The number of hydrogen-bond acceptors (Lipinski definition) is 1. The van der Waals surface area contributed by atoms with Gasteiger partial charge in [-0.1, -0.05) is 56.5 Å². The van der Waals surface area contributed by atoms with E-state index in [1.54, 1.807) is 0 Å². The van der Waals surface area contributed by atoms with Gasteiger partial charge in [0, 0.05) is 0 Å². The molecule has 1 aromatic carbocycles. The molecule has 1 heterocycles. The minimum absolute atomic E-state index is 0.630. The third kappa shape index (κ3) is 3.51. The van der Waals surface area contributed by atoms with E-state index in [4.69, 9.17) is 0 Å². The summed E-state index contributed by atoms with van der Waals surface area (Å²) < 4.78 is 0. The van der Waals surface area contributed by atoms with Gasteiger partial charge in [0.05, 0.1) is 0 Å². The fourth-order valence-corrected chi connectivity index (χ4v) is 4.79. The Labute approximate surface area is 130 Å². The predicted octanol–water partition coefficient (Wildman–Crippen LogP) is 4.82. The second-order valence-corrected chi connectivity index (χ2v) is 7.41. The number of benzene rings is 1. The highest BCUT2D eigenvalue weighted by molar-refractivity contribution is 5.16. The van der Waals surface area contributed by atoms with Crippen LogP contribution in [-0.4, -0.2) is 13.1 Å². The maximum Gasteiger partial charge on any atom is -0.00120 e. The van der Waals surface area contributed by atoms with Gasteiger partial charge in [0.25, 0.3) is 0 Å². The standard InChI is InChI=1S/C20H31N/c1-2-17-9-6-11-20(12-10-17)13-14-21-16-19(20)15-18-7-4-3-5-8-18/h3-5,7-8,17,19,21H,2,6,9-16H2,1H3. The highest BCUT2D eigenvalue weighted by Crippen LogP contribution is 2.48. The minimum atomic E-state index is 0.630. The summed E-state index contributed by atoms with van der Waals surface area (Å²) >= 11 is 0. The first kappa shape index (κ1) is 15.1. The summed E-state index contributed by atoms with van der Waals surface area (Å²) in [5.41, 5.74) is 2.16. The van der Waals surface area contributed by atoms with Crippen LogP contribution in [0.15, 0.2) is 30.3 Å².